The molecule has 0 atom stereocenters. The summed E-state index contributed by atoms with van der Waals surface area (Å²) in [6.45, 7) is 35.3. The van der Waals surface area contributed by atoms with Gasteiger partial charge in [-0.05, 0) is 203 Å². The van der Waals surface area contributed by atoms with Gasteiger partial charge in [-0.3, -0.25) is 0 Å². The predicted octanol–water partition coefficient (Wildman–Crippen LogP) is 27.7. The molecule has 110 heavy (non-hydrogen) atoms. The number of aromatic nitrogens is 1. The molecule has 4 heteroatoms. The SMILES string of the molecule is CC(C)(C)c1cccc(-c2cc(-c3ccccc3)cc(-c3cccc(C(C)(C)C)c3)c2N2c3cc(-c4cc(C(C)(C)C)cc(C(C)(C)C)c4)ccc3B3c4ccc(-n5c6ccc7cccc8c9cccc%10ccc5c(c%109)c6c78)cc4N(c4c(-c5ccccc5)cccc4-c4ccccc4)c4cc(C(C)(C)C)cc2c43)c1. The smallest absolute Gasteiger partial charge is 0.252 e. The molecule has 0 N–H and O–H groups in total. The summed E-state index contributed by atoms with van der Waals surface area (Å²) in [4.78, 5) is 5.52. The minimum absolute atomic E-state index is 0.110. The van der Waals surface area contributed by atoms with Crippen LogP contribution in [0.4, 0.5) is 34.1 Å². The van der Waals surface area contributed by atoms with Crippen LogP contribution in [-0.2, 0) is 27.1 Å². The average Bonchev–Trinajstić information content (AvgIpc) is 1.31. The molecule has 536 valence electrons. The first-order valence-corrected chi connectivity index (χ1v) is 39.6. The molecule has 1 aromatic heterocycles. The van der Waals surface area contributed by atoms with Crippen molar-refractivity contribution in [3.63, 3.8) is 0 Å². The maximum atomic E-state index is 2.78. The molecule has 0 aliphatic carbocycles. The van der Waals surface area contributed by atoms with Crippen LogP contribution in [0.2, 0.25) is 0 Å². The summed E-state index contributed by atoms with van der Waals surface area (Å²) in [6.07, 6.45) is 0. The molecule has 0 bridgehead atoms. The van der Waals surface area contributed by atoms with Crippen molar-refractivity contribution < 1.29 is 0 Å². The van der Waals surface area contributed by atoms with E-state index in [-0.39, 0.29) is 33.8 Å². The first kappa shape index (κ1) is 68.8. The molecule has 19 rings (SSSR count). The summed E-state index contributed by atoms with van der Waals surface area (Å²) < 4.78 is 2.60. The van der Waals surface area contributed by atoms with Crippen molar-refractivity contribution in [2.75, 3.05) is 9.80 Å². The molecule has 3 heterocycles. The van der Waals surface area contributed by atoms with Crippen LogP contribution in [-0.4, -0.2) is 11.3 Å². The Morgan fingerprint density at radius 2 is 0.627 bits per heavy atom. The largest absolute Gasteiger partial charge is 0.310 e. The number of hydrogen-bond acceptors (Lipinski definition) is 2. The highest BCUT2D eigenvalue weighted by molar-refractivity contribution is 7.00. The Morgan fingerprint density at radius 3 is 1.10 bits per heavy atom. The van der Waals surface area contributed by atoms with Crippen molar-refractivity contribution in [2.45, 2.75) is 131 Å². The van der Waals surface area contributed by atoms with Gasteiger partial charge in [0, 0.05) is 61.5 Å². The van der Waals surface area contributed by atoms with Gasteiger partial charge in [0.05, 0.1) is 22.4 Å². The molecule has 0 saturated heterocycles. The van der Waals surface area contributed by atoms with Crippen LogP contribution in [0.15, 0.2) is 297 Å². The van der Waals surface area contributed by atoms with Crippen molar-refractivity contribution in [3.8, 4) is 72.4 Å². The van der Waals surface area contributed by atoms with Gasteiger partial charge in [0.2, 0.25) is 0 Å². The van der Waals surface area contributed by atoms with Gasteiger partial charge in [-0.25, -0.2) is 0 Å². The van der Waals surface area contributed by atoms with E-state index in [2.05, 4.69) is 415 Å². The molecular formula is C106H94BN3. The van der Waals surface area contributed by atoms with E-state index >= 15 is 0 Å². The lowest BCUT2D eigenvalue weighted by molar-refractivity contribution is 0.569. The fourth-order valence-corrected chi connectivity index (χ4v) is 18.2. The van der Waals surface area contributed by atoms with Gasteiger partial charge in [0.15, 0.2) is 0 Å². The van der Waals surface area contributed by atoms with Crippen molar-refractivity contribution in [2.24, 2.45) is 0 Å². The number of rotatable bonds is 9. The van der Waals surface area contributed by atoms with Crippen LogP contribution in [0.1, 0.15) is 132 Å². The van der Waals surface area contributed by atoms with Gasteiger partial charge in [0.25, 0.3) is 6.71 Å². The van der Waals surface area contributed by atoms with E-state index in [9.17, 15) is 0 Å². The minimum atomic E-state index is -0.343. The highest BCUT2D eigenvalue weighted by Crippen LogP contribution is 2.57. The third-order valence-corrected chi connectivity index (χ3v) is 24.2. The zero-order valence-electron chi connectivity index (χ0n) is 66.2. The molecule has 16 aromatic carbocycles. The molecule has 0 unspecified atom stereocenters. The van der Waals surface area contributed by atoms with Gasteiger partial charge >= 0.3 is 0 Å². The molecular weight excluding hydrogens is 1330 g/mol. The van der Waals surface area contributed by atoms with Crippen molar-refractivity contribution in [3.05, 3.63) is 325 Å². The van der Waals surface area contributed by atoms with Crippen molar-refractivity contribution in [1.29, 1.82) is 0 Å². The Hall–Kier alpha value is -11.7. The zero-order valence-corrected chi connectivity index (χ0v) is 66.2. The lowest BCUT2D eigenvalue weighted by Crippen LogP contribution is -2.61. The third kappa shape index (κ3) is 11.1. The summed E-state index contributed by atoms with van der Waals surface area (Å²) in [6, 6.07) is 116. The van der Waals surface area contributed by atoms with Gasteiger partial charge in [0.1, 0.15) is 0 Å². The second-order valence-electron chi connectivity index (χ2n) is 36.5. The maximum absolute atomic E-state index is 2.78. The number of hydrogen-bond donors (Lipinski definition) is 0. The number of anilines is 6. The Morgan fingerprint density at radius 1 is 0.236 bits per heavy atom. The highest BCUT2D eigenvalue weighted by Gasteiger charge is 2.47. The molecule has 2 aliphatic heterocycles. The fourth-order valence-electron chi connectivity index (χ4n) is 18.2. The number of nitrogens with zero attached hydrogens (tertiary/aromatic N) is 3. The maximum Gasteiger partial charge on any atom is 0.252 e. The molecule has 17 aromatic rings. The second kappa shape index (κ2) is 24.9. The minimum Gasteiger partial charge on any atom is -0.310 e. The standard InChI is InChI=1S/C106H94BN3/c1-102(2,3)75-40-25-38-71(54-75)85-58-74(65-30-19-16-20-31-65)59-86(72-39-26-41-76(55-72)103(4,5)6)101(85)109-91-60-70(73-56-77(104(7,8)9)61-78(57-73)105(10,11)12)46-50-87(91)107-88-51-49-80(108-89-52-47-68-36-27-44-83-84-45-28-37-69-48-53-90(108)98(96(69)84)97(89)95(68)83)64-92(88)110(94-63-79(106(13,14)15)62-93(109)99(94)107)100-81(66-32-21-17-22-33-66)42-29-43-82(100)67-34-23-18-24-35-67/h16-64H,1-15H3. The molecule has 3 nitrogen and oxygen atoms in total. The van der Waals surface area contributed by atoms with Gasteiger partial charge in [-0.1, -0.05) is 347 Å². The Balaban J connectivity index is 0.997. The van der Waals surface area contributed by atoms with Gasteiger partial charge in [-0.2, -0.15) is 0 Å². The fraction of sp³-hybridized carbons (Fsp3) is 0.189. The Kier molecular flexibility index (Phi) is 15.6. The summed E-state index contributed by atoms with van der Waals surface area (Å²) in [7, 11) is 0. The number of fused-ring (bicyclic) bond motifs is 5. The lowest BCUT2D eigenvalue weighted by Gasteiger charge is -2.46. The van der Waals surface area contributed by atoms with E-state index in [0.717, 1.165) is 67.5 Å². The zero-order chi connectivity index (χ0) is 75.8. The highest BCUT2D eigenvalue weighted by atomic mass is 15.2. The van der Waals surface area contributed by atoms with Crippen LogP contribution < -0.4 is 26.2 Å². The van der Waals surface area contributed by atoms with Crippen LogP contribution >= 0.6 is 0 Å². The van der Waals surface area contributed by atoms with E-state index in [0.29, 0.717) is 0 Å². The van der Waals surface area contributed by atoms with E-state index in [1.807, 2.05) is 0 Å². The normalized spacial score (nSPS) is 13.4. The van der Waals surface area contributed by atoms with Gasteiger partial charge in [-0.15, -0.1) is 0 Å². The predicted molar refractivity (Wildman–Crippen MR) is 476 cm³/mol. The molecule has 2 aliphatic rings. The topological polar surface area (TPSA) is 11.4 Å². The monoisotopic (exact) mass is 1420 g/mol. The molecule has 0 fully saturated rings. The Bertz CT molecular complexity index is 6260. The average molecular weight is 1420 g/mol. The molecule has 0 saturated carbocycles. The van der Waals surface area contributed by atoms with E-state index in [4.69, 9.17) is 0 Å². The molecule has 0 spiro atoms. The van der Waals surface area contributed by atoms with E-state index in [1.165, 1.54) is 137 Å². The van der Waals surface area contributed by atoms with Crippen molar-refractivity contribution >= 4 is 111 Å². The van der Waals surface area contributed by atoms with Crippen LogP contribution in [0.25, 0.3) is 127 Å². The number of benzene rings is 16. The van der Waals surface area contributed by atoms with Gasteiger partial charge < -0.3 is 14.4 Å². The quantitative estimate of drug-likeness (QED) is 0.0811. The third-order valence-electron chi connectivity index (χ3n) is 24.2. The van der Waals surface area contributed by atoms with Crippen molar-refractivity contribution in [1.82, 2.24) is 4.57 Å². The molecule has 0 radical (unpaired) electrons. The molecule has 0 amide bonds. The first-order valence-electron chi connectivity index (χ1n) is 39.6. The Labute approximate surface area is 649 Å². The second-order valence-corrected chi connectivity index (χ2v) is 36.5. The number of para-hydroxylation sites is 1. The summed E-state index contributed by atoms with van der Waals surface area (Å²) >= 11 is 0. The summed E-state index contributed by atoms with van der Waals surface area (Å²) in [5, 5.41) is 10.4. The van der Waals surface area contributed by atoms with E-state index in [1.54, 1.807) is 0 Å². The lowest BCUT2D eigenvalue weighted by atomic mass is 9.33. The summed E-state index contributed by atoms with van der Waals surface area (Å²) in [5.41, 5.74) is 33.8. The first-order chi connectivity index (χ1) is 52.7. The van der Waals surface area contributed by atoms with E-state index < -0.39 is 0 Å². The van der Waals surface area contributed by atoms with Crippen LogP contribution in [0.3, 0.4) is 0 Å². The summed E-state index contributed by atoms with van der Waals surface area (Å²) in [5.74, 6) is 0. The van der Waals surface area contributed by atoms with Crippen LogP contribution in [0, 0.1) is 0 Å². The van der Waals surface area contributed by atoms with Crippen LogP contribution in [0.5, 0.6) is 0 Å².